The van der Waals surface area contributed by atoms with Gasteiger partial charge in [0.2, 0.25) is 5.91 Å². The van der Waals surface area contributed by atoms with Crippen LogP contribution in [0.15, 0.2) is 66.7 Å². The summed E-state index contributed by atoms with van der Waals surface area (Å²) in [6.07, 6.45) is 3.44. The number of methoxy groups -OCH3 is 2. The molecule has 0 bridgehead atoms. The number of aromatic hydroxyl groups is 1. The summed E-state index contributed by atoms with van der Waals surface area (Å²) in [7, 11) is 3.30. The van der Waals surface area contributed by atoms with Gasteiger partial charge in [0.05, 0.1) is 19.7 Å². The molecule has 232 valence electrons. The highest BCUT2D eigenvalue weighted by Crippen LogP contribution is 2.31. The smallest absolute Gasteiger partial charge is 0.329 e. The maximum absolute atomic E-state index is 13.5. The third kappa shape index (κ3) is 8.09. The van der Waals surface area contributed by atoms with Crippen LogP contribution >= 0.6 is 0 Å². The molecule has 3 N–H and O–H groups in total. The lowest BCUT2D eigenvalue weighted by molar-refractivity contribution is -0.141. The van der Waals surface area contributed by atoms with Crippen molar-refractivity contribution in [3.05, 3.63) is 89.1 Å². The monoisotopic (exact) mass is 601 g/mol. The van der Waals surface area contributed by atoms with Gasteiger partial charge in [0.25, 0.3) is 5.91 Å². The minimum atomic E-state index is -0.920. The predicted octanol–water partition coefficient (Wildman–Crippen LogP) is 4.52. The quantitative estimate of drug-likeness (QED) is 0.181. The maximum atomic E-state index is 13.5. The first kappa shape index (κ1) is 31.9. The fraction of sp³-hybridized carbons (Fsp3) is 0.324. The summed E-state index contributed by atoms with van der Waals surface area (Å²) in [5.41, 5.74) is 3.48. The molecule has 0 aliphatic rings. The van der Waals surface area contributed by atoms with Crippen molar-refractivity contribution in [2.75, 3.05) is 20.8 Å². The largest absolute Gasteiger partial charge is 0.508 e. The van der Waals surface area contributed by atoms with Crippen LogP contribution in [0.1, 0.15) is 53.4 Å². The average Bonchev–Trinajstić information content (AvgIpc) is 3.37. The Kier molecular flexibility index (Phi) is 10.9. The van der Waals surface area contributed by atoms with Gasteiger partial charge in [0, 0.05) is 30.8 Å². The summed E-state index contributed by atoms with van der Waals surface area (Å²) in [4.78, 5) is 44.0. The molecule has 1 atom stereocenters. The molecule has 3 aromatic carbocycles. The van der Waals surface area contributed by atoms with E-state index in [1.165, 1.54) is 23.8 Å². The molecule has 0 radical (unpaired) electrons. The Hall–Kier alpha value is -4.99. The second kappa shape index (κ2) is 15.0. The molecule has 4 rings (SSSR count). The molecule has 0 fully saturated rings. The number of unbranched alkanes of at least 4 members (excludes halogenated alkanes) is 2. The summed E-state index contributed by atoms with van der Waals surface area (Å²) < 4.78 is 12.3. The van der Waals surface area contributed by atoms with Crippen LogP contribution in [0.2, 0.25) is 0 Å². The Bertz CT molecular complexity index is 1590. The number of phenols is 1. The molecule has 0 saturated heterocycles. The Morgan fingerprint density at radius 3 is 2.25 bits per heavy atom. The summed E-state index contributed by atoms with van der Waals surface area (Å²) in [6.45, 7) is 3.68. The van der Waals surface area contributed by atoms with E-state index in [2.05, 4.69) is 10.6 Å². The highest BCUT2D eigenvalue weighted by molar-refractivity contribution is 6.01. The fourth-order valence-corrected chi connectivity index (χ4v) is 5.12. The third-order valence-electron chi connectivity index (χ3n) is 7.27. The minimum Gasteiger partial charge on any atom is -0.508 e. The first-order valence-electron chi connectivity index (χ1n) is 14.6. The van der Waals surface area contributed by atoms with Gasteiger partial charge in [0.1, 0.15) is 29.0 Å². The number of phenolic OH excluding ortho intramolecular Hbond substituents is 1. The summed E-state index contributed by atoms with van der Waals surface area (Å²) in [6, 6.07) is 18.3. The van der Waals surface area contributed by atoms with E-state index in [0.717, 1.165) is 53.9 Å². The number of nitrogens with zero attached hydrogens (tertiary/aromatic N) is 1. The van der Waals surface area contributed by atoms with E-state index in [1.54, 1.807) is 50.6 Å². The van der Waals surface area contributed by atoms with Gasteiger partial charge >= 0.3 is 5.97 Å². The number of aromatic nitrogens is 1. The van der Waals surface area contributed by atoms with Crippen molar-refractivity contribution in [3.8, 4) is 17.2 Å². The van der Waals surface area contributed by atoms with Crippen LogP contribution in [-0.2, 0) is 22.4 Å². The number of carbonyl (C=O) groups excluding carboxylic acids is 3. The van der Waals surface area contributed by atoms with Gasteiger partial charge in [-0.25, -0.2) is 4.79 Å². The number of carbonyl (C=O) groups is 3. The van der Waals surface area contributed by atoms with Crippen molar-refractivity contribution in [2.45, 2.75) is 52.0 Å². The van der Waals surface area contributed by atoms with E-state index in [0.29, 0.717) is 17.4 Å². The van der Waals surface area contributed by atoms with Gasteiger partial charge < -0.3 is 30.1 Å². The van der Waals surface area contributed by atoms with Gasteiger partial charge in [-0.15, -0.1) is 0 Å². The molecule has 0 aliphatic carbocycles. The Morgan fingerprint density at radius 2 is 1.59 bits per heavy atom. The molecule has 0 aliphatic heterocycles. The van der Waals surface area contributed by atoms with Crippen LogP contribution in [0, 0.1) is 6.92 Å². The molecule has 4 aromatic rings. The van der Waals surface area contributed by atoms with Crippen LogP contribution in [-0.4, -0.2) is 54.4 Å². The van der Waals surface area contributed by atoms with Crippen LogP contribution in [0.3, 0.4) is 0 Å². The minimum absolute atomic E-state index is 0.0897. The van der Waals surface area contributed by atoms with Crippen LogP contribution in [0.25, 0.3) is 10.9 Å². The van der Waals surface area contributed by atoms with Crippen molar-refractivity contribution in [1.82, 2.24) is 15.4 Å². The number of rotatable bonds is 14. The van der Waals surface area contributed by atoms with E-state index < -0.39 is 17.9 Å². The highest BCUT2D eigenvalue weighted by atomic mass is 16.7. The summed E-state index contributed by atoms with van der Waals surface area (Å²) >= 11 is 0. The van der Waals surface area contributed by atoms with E-state index >= 15 is 0 Å². The molecule has 44 heavy (non-hydrogen) atoms. The van der Waals surface area contributed by atoms with E-state index in [4.69, 9.17) is 14.3 Å². The standard InChI is InChI=1S/C34H39N3O7/c1-22-18-31(42-3)27(32(19-22)43-4)11-6-5-9-17-35-33(40)28(20-24-13-15-26(39)16-14-24)36-34(41)30-21-25-10-7-8-12-29(25)37(30)44-23(2)38/h7-8,10,12-16,18-19,21,28,39H,5-6,9,11,17,20H2,1-4H3,(H,35,40)(H,36,41). The van der Waals surface area contributed by atoms with Crippen molar-refractivity contribution in [1.29, 1.82) is 0 Å². The second-order valence-electron chi connectivity index (χ2n) is 10.6. The summed E-state index contributed by atoms with van der Waals surface area (Å²) in [5.74, 6) is 0.209. The lowest BCUT2D eigenvalue weighted by atomic mass is 10.0. The van der Waals surface area contributed by atoms with E-state index in [1.807, 2.05) is 25.1 Å². The van der Waals surface area contributed by atoms with Gasteiger partial charge in [0.15, 0.2) is 0 Å². The van der Waals surface area contributed by atoms with Gasteiger partial charge in [-0.3, -0.25) is 9.59 Å². The normalized spacial score (nSPS) is 11.5. The molecule has 1 aromatic heterocycles. The zero-order chi connectivity index (χ0) is 31.6. The lowest BCUT2D eigenvalue weighted by Gasteiger charge is -2.19. The zero-order valence-electron chi connectivity index (χ0n) is 25.5. The zero-order valence-corrected chi connectivity index (χ0v) is 25.5. The number of ether oxygens (including phenoxy) is 2. The number of aryl methyl sites for hydroxylation is 1. The Morgan fingerprint density at radius 1 is 0.909 bits per heavy atom. The number of nitrogens with one attached hydrogen (secondary N) is 2. The fourth-order valence-electron chi connectivity index (χ4n) is 5.12. The first-order valence-corrected chi connectivity index (χ1v) is 14.6. The highest BCUT2D eigenvalue weighted by Gasteiger charge is 2.25. The third-order valence-corrected chi connectivity index (χ3v) is 7.27. The number of amides is 2. The number of benzene rings is 3. The molecular weight excluding hydrogens is 562 g/mol. The van der Waals surface area contributed by atoms with Crippen molar-refractivity contribution < 1.29 is 33.8 Å². The average molecular weight is 602 g/mol. The van der Waals surface area contributed by atoms with Crippen LogP contribution < -0.4 is 24.9 Å². The van der Waals surface area contributed by atoms with Crippen molar-refractivity contribution in [2.24, 2.45) is 0 Å². The summed E-state index contributed by atoms with van der Waals surface area (Å²) in [5, 5.41) is 16.2. The topological polar surface area (TPSA) is 128 Å². The molecular formula is C34H39N3O7. The molecule has 0 saturated carbocycles. The number of fused-ring (bicyclic) bond motifs is 1. The van der Waals surface area contributed by atoms with Crippen LogP contribution in [0.4, 0.5) is 0 Å². The molecule has 2 amide bonds. The lowest BCUT2D eigenvalue weighted by Crippen LogP contribution is -2.48. The van der Waals surface area contributed by atoms with Crippen molar-refractivity contribution >= 4 is 28.7 Å². The van der Waals surface area contributed by atoms with Gasteiger partial charge in [-0.1, -0.05) is 36.8 Å². The van der Waals surface area contributed by atoms with E-state index in [-0.39, 0.29) is 23.8 Å². The Balaban J connectivity index is 1.41. The first-order chi connectivity index (χ1) is 21.2. The van der Waals surface area contributed by atoms with Gasteiger partial charge in [-0.2, -0.15) is 4.73 Å². The van der Waals surface area contributed by atoms with Crippen LogP contribution in [0.5, 0.6) is 17.2 Å². The molecule has 10 heteroatoms. The van der Waals surface area contributed by atoms with E-state index in [9.17, 15) is 19.5 Å². The molecule has 10 nitrogen and oxygen atoms in total. The number of para-hydroxylation sites is 1. The predicted molar refractivity (Wildman–Crippen MR) is 167 cm³/mol. The number of hydrogen-bond donors (Lipinski definition) is 3. The maximum Gasteiger partial charge on any atom is 0.329 e. The molecule has 1 heterocycles. The molecule has 0 spiro atoms. The van der Waals surface area contributed by atoms with Gasteiger partial charge in [-0.05, 0) is 73.7 Å². The second-order valence-corrected chi connectivity index (χ2v) is 10.6. The Labute approximate surface area is 256 Å². The van der Waals surface area contributed by atoms with Crippen molar-refractivity contribution in [3.63, 3.8) is 0 Å². The molecule has 1 unspecified atom stereocenters. The SMILES string of the molecule is COc1cc(C)cc(OC)c1CCCCCNC(=O)C(Cc1ccc(O)cc1)NC(=O)c1cc2ccccc2n1OC(C)=O. The number of hydrogen-bond acceptors (Lipinski definition) is 7.